The van der Waals surface area contributed by atoms with Gasteiger partial charge in [0.15, 0.2) is 5.75 Å². The van der Waals surface area contributed by atoms with Gasteiger partial charge in [-0.15, -0.1) is 0 Å². The second-order valence-electron chi connectivity index (χ2n) is 4.24. The molecule has 0 radical (unpaired) electrons. The molecule has 2 aromatic carbocycles. The van der Waals surface area contributed by atoms with Crippen molar-refractivity contribution in [3.05, 3.63) is 55.5 Å². The first-order valence-corrected chi connectivity index (χ1v) is 8.39. The van der Waals surface area contributed by atoms with E-state index in [0.717, 1.165) is 30.3 Å². The number of hydrogen-bond acceptors (Lipinski definition) is 5. The molecule has 0 bridgehead atoms. The molecule has 0 saturated carbocycles. The average Bonchev–Trinajstić information content (AvgIpc) is 2.50. The molecule has 0 aromatic heterocycles. The summed E-state index contributed by atoms with van der Waals surface area (Å²) >= 11 is 17.3. The van der Waals surface area contributed by atoms with Gasteiger partial charge in [0.25, 0.3) is 15.7 Å². The zero-order chi connectivity index (χ0) is 17.4. The van der Waals surface area contributed by atoms with Gasteiger partial charge in [-0.2, -0.15) is 0 Å². The highest BCUT2D eigenvalue weighted by Gasteiger charge is 2.20. The molecule has 7 nitrogen and oxygen atoms in total. The van der Waals surface area contributed by atoms with Gasteiger partial charge < -0.3 is 5.11 Å². The van der Waals surface area contributed by atoms with Crippen LogP contribution in [0.2, 0.25) is 15.1 Å². The Morgan fingerprint density at radius 1 is 1.09 bits per heavy atom. The molecule has 0 fully saturated rings. The summed E-state index contributed by atoms with van der Waals surface area (Å²) in [6.45, 7) is 0. The molecule has 0 saturated heterocycles. The first-order valence-electron chi connectivity index (χ1n) is 5.77. The largest absolute Gasteiger partial charge is 0.505 e. The number of sulfonamides is 1. The number of phenols is 1. The fourth-order valence-electron chi connectivity index (χ4n) is 1.61. The molecular formula is C12H7Cl3N2O5S. The maximum Gasteiger partial charge on any atom is 0.269 e. The van der Waals surface area contributed by atoms with Crippen molar-refractivity contribution in [3.63, 3.8) is 0 Å². The van der Waals surface area contributed by atoms with Gasteiger partial charge in [0.05, 0.1) is 25.6 Å². The summed E-state index contributed by atoms with van der Waals surface area (Å²) < 4.78 is 26.7. The highest BCUT2D eigenvalue weighted by molar-refractivity contribution is 7.92. The van der Waals surface area contributed by atoms with E-state index in [1.165, 1.54) is 0 Å². The Labute approximate surface area is 145 Å². The normalized spacial score (nSPS) is 11.3. The predicted molar refractivity (Wildman–Crippen MR) is 87.0 cm³/mol. The lowest BCUT2D eigenvalue weighted by Crippen LogP contribution is -2.13. The monoisotopic (exact) mass is 396 g/mol. The van der Waals surface area contributed by atoms with Crippen LogP contribution in [0.1, 0.15) is 0 Å². The van der Waals surface area contributed by atoms with Crippen LogP contribution in [-0.4, -0.2) is 18.4 Å². The van der Waals surface area contributed by atoms with E-state index in [-0.39, 0.29) is 31.3 Å². The number of anilines is 1. The van der Waals surface area contributed by atoms with Gasteiger partial charge in [0, 0.05) is 12.1 Å². The Morgan fingerprint density at radius 2 is 1.65 bits per heavy atom. The number of rotatable bonds is 4. The van der Waals surface area contributed by atoms with E-state index in [1.54, 1.807) is 0 Å². The Balaban J connectivity index is 2.41. The summed E-state index contributed by atoms with van der Waals surface area (Å²) in [6, 6.07) is 5.32. The van der Waals surface area contributed by atoms with Gasteiger partial charge in [-0.3, -0.25) is 14.8 Å². The molecule has 11 heteroatoms. The first kappa shape index (κ1) is 17.6. The van der Waals surface area contributed by atoms with E-state index < -0.39 is 20.7 Å². The van der Waals surface area contributed by atoms with E-state index in [1.807, 2.05) is 0 Å². The number of phenolic OH excluding ortho intramolecular Hbond substituents is 1. The van der Waals surface area contributed by atoms with Gasteiger partial charge in [-0.1, -0.05) is 34.8 Å². The lowest BCUT2D eigenvalue weighted by molar-refractivity contribution is -0.384. The SMILES string of the molecule is O=[N+]([O-])c1ccc(S(=O)(=O)Nc2cc(Cl)c(O)c(Cl)c2Cl)cc1. The fraction of sp³-hybridized carbons (Fsp3) is 0. The predicted octanol–water partition coefficient (Wildman–Crippen LogP) is 4.06. The average molecular weight is 398 g/mol. The zero-order valence-electron chi connectivity index (χ0n) is 11.0. The number of hydrogen-bond donors (Lipinski definition) is 2. The minimum Gasteiger partial charge on any atom is -0.505 e. The van der Waals surface area contributed by atoms with E-state index >= 15 is 0 Å². The lowest BCUT2D eigenvalue weighted by atomic mass is 10.3. The molecule has 2 rings (SSSR count). The Kier molecular flexibility index (Phi) is 4.90. The minimum absolute atomic E-state index is 0.141. The second-order valence-corrected chi connectivity index (χ2v) is 7.08. The molecule has 0 atom stereocenters. The van der Waals surface area contributed by atoms with E-state index in [0.29, 0.717) is 0 Å². The number of benzene rings is 2. The Morgan fingerprint density at radius 3 is 2.17 bits per heavy atom. The third kappa shape index (κ3) is 3.61. The molecule has 0 heterocycles. The molecule has 2 N–H and O–H groups in total. The molecule has 0 spiro atoms. The van der Waals surface area contributed by atoms with Crippen LogP contribution in [0.5, 0.6) is 5.75 Å². The molecular weight excluding hydrogens is 391 g/mol. The van der Waals surface area contributed by atoms with Crippen LogP contribution in [0, 0.1) is 10.1 Å². The fourth-order valence-corrected chi connectivity index (χ4v) is 3.38. The molecule has 23 heavy (non-hydrogen) atoms. The van der Waals surface area contributed by atoms with Crippen LogP contribution < -0.4 is 4.72 Å². The molecule has 0 amide bonds. The summed E-state index contributed by atoms with van der Waals surface area (Å²) in [5.74, 6) is -0.475. The van der Waals surface area contributed by atoms with Crippen LogP contribution in [0.4, 0.5) is 11.4 Å². The van der Waals surface area contributed by atoms with Crippen molar-refractivity contribution in [1.82, 2.24) is 0 Å². The van der Waals surface area contributed by atoms with Gasteiger partial charge >= 0.3 is 0 Å². The topological polar surface area (TPSA) is 110 Å². The maximum absolute atomic E-state index is 12.3. The summed E-state index contributed by atoms with van der Waals surface area (Å²) in [6.07, 6.45) is 0. The zero-order valence-corrected chi connectivity index (χ0v) is 14.0. The van der Waals surface area contributed by atoms with Crippen molar-refractivity contribution < 1.29 is 18.4 Å². The van der Waals surface area contributed by atoms with Crippen molar-refractivity contribution in [2.24, 2.45) is 0 Å². The van der Waals surface area contributed by atoms with Crippen LogP contribution in [-0.2, 0) is 10.0 Å². The highest BCUT2D eigenvalue weighted by Crippen LogP contribution is 2.42. The third-order valence-corrected chi connectivity index (χ3v) is 5.26. The number of nitro groups is 1. The number of halogens is 3. The van der Waals surface area contributed by atoms with Crippen LogP contribution in [0.15, 0.2) is 35.2 Å². The summed E-state index contributed by atoms with van der Waals surface area (Å²) in [5, 5.41) is 19.4. The number of nitro benzene ring substituents is 1. The van der Waals surface area contributed by atoms with Gasteiger partial charge in [-0.05, 0) is 18.2 Å². The van der Waals surface area contributed by atoms with Crippen molar-refractivity contribution in [1.29, 1.82) is 0 Å². The van der Waals surface area contributed by atoms with Crippen molar-refractivity contribution in [2.75, 3.05) is 4.72 Å². The molecule has 0 unspecified atom stereocenters. The summed E-state index contributed by atoms with van der Waals surface area (Å²) in [7, 11) is -4.08. The number of nitrogens with one attached hydrogen (secondary N) is 1. The molecule has 2 aromatic rings. The first-order chi connectivity index (χ1) is 10.6. The molecule has 0 aliphatic rings. The van der Waals surface area contributed by atoms with Crippen LogP contribution >= 0.6 is 34.8 Å². The quantitative estimate of drug-likeness (QED) is 0.350. The van der Waals surface area contributed by atoms with Gasteiger partial charge in [0.2, 0.25) is 0 Å². The van der Waals surface area contributed by atoms with E-state index in [2.05, 4.69) is 4.72 Å². The van der Waals surface area contributed by atoms with Crippen LogP contribution in [0.3, 0.4) is 0 Å². The van der Waals surface area contributed by atoms with Crippen LogP contribution in [0.25, 0.3) is 0 Å². The van der Waals surface area contributed by atoms with E-state index in [4.69, 9.17) is 34.8 Å². The lowest BCUT2D eigenvalue weighted by Gasteiger charge is -2.12. The van der Waals surface area contributed by atoms with Crippen molar-refractivity contribution in [3.8, 4) is 5.75 Å². The third-order valence-electron chi connectivity index (χ3n) is 2.74. The summed E-state index contributed by atoms with van der Waals surface area (Å²) in [5.41, 5.74) is -0.393. The second kappa shape index (κ2) is 6.40. The van der Waals surface area contributed by atoms with E-state index in [9.17, 15) is 23.6 Å². The number of aromatic hydroxyl groups is 1. The maximum atomic E-state index is 12.3. The smallest absolute Gasteiger partial charge is 0.269 e. The molecule has 122 valence electrons. The Hall–Kier alpha value is -1.74. The number of nitrogens with zero attached hydrogens (tertiary/aromatic N) is 1. The highest BCUT2D eigenvalue weighted by atomic mass is 35.5. The standard InChI is InChI=1S/C12H7Cl3N2O5S/c13-8-5-9(10(14)11(15)12(8)18)16-23(21,22)7-3-1-6(2-4-7)17(19)20/h1-5,16,18H. The minimum atomic E-state index is -4.08. The summed E-state index contributed by atoms with van der Waals surface area (Å²) in [4.78, 5) is 9.70. The molecule has 0 aliphatic carbocycles. The van der Waals surface area contributed by atoms with Crippen molar-refractivity contribution >= 4 is 56.2 Å². The molecule has 0 aliphatic heterocycles. The van der Waals surface area contributed by atoms with Gasteiger partial charge in [0.1, 0.15) is 5.02 Å². The Bertz CT molecular complexity index is 885. The van der Waals surface area contributed by atoms with Gasteiger partial charge in [-0.25, -0.2) is 8.42 Å². The number of non-ortho nitro benzene ring substituents is 1. The van der Waals surface area contributed by atoms with Crippen molar-refractivity contribution in [2.45, 2.75) is 4.90 Å².